The Bertz CT molecular complexity index is 2420. The molecule has 1 aromatic heterocycles. The highest BCUT2D eigenvalue weighted by molar-refractivity contribution is 7.87. The zero-order chi connectivity index (χ0) is 28.5. The van der Waals surface area contributed by atoms with Crippen molar-refractivity contribution in [3.8, 4) is 27.9 Å². The van der Waals surface area contributed by atoms with E-state index in [0.717, 1.165) is 70.9 Å². The van der Waals surface area contributed by atoms with Crippen LogP contribution in [-0.2, 0) is 4.57 Å². The van der Waals surface area contributed by atoms with Crippen LogP contribution in [0.15, 0.2) is 158 Å². The number of rotatable bonds is 3. The van der Waals surface area contributed by atoms with E-state index in [1.165, 1.54) is 5.56 Å². The second-order valence-electron chi connectivity index (χ2n) is 11.2. The van der Waals surface area contributed by atoms with Gasteiger partial charge in [0.15, 0.2) is 7.14 Å². The highest BCUT2D eigenvalue weighted by Gasteiger charge is 2.43. The van der Waals surface area contributed by atoms with Crippen LogP contribution in [0.5, 0.6) is 0 Å². The van der Waals surface area contributed by atoms with Gasteiger partial charge in [-0.05, 0) is 45.7 Å². The molecule has 7 aromatic carbocycles. The fourth-order valence-electron chi connectivity index (χ4n) is 7.20. The fraction of sp³-hybridized carbons (Fsp3) is 0. The van der Waals surface area contributed by atoms with Crippen LogP contribution in [-0.4, -0.2) is 4.57 Å². The van der Waals surface area contributed by atoms with E-state index in [9.17, 15) is 0 Å². The van der Waals surface area contributed by atoms with E-state index in [1.807, 2.05) is 30.3 Å². The number of aromatic nitrogens is 1. The largest absolute Gasteiger partial charge is 0.309 e. The van der Waals surface area contributed by atoms with Crippen molar-refractivity contribution in [1.29, 1.82) is 0 Å². The summed E-state index contributed by atoms with van der Waals surface area (Å²) in [6, 6.07) is 55.0. The van der Waals surface area contributed by atoms with E-state index in [1.54, 1.807) is 0 Å². The van der Waals surface area contributed by atoms with Gasteiger partial charge in [-0.15, -0.1) is 0 Å². The lowest BCUT2D eigenvalue weighted by Gasteiger charge is -2.19. The molecule has 202 valence electrons. The lowest BCUT2D eigenvalue weighted by atomic mass is 9.99. The first-order valence-electron chi connectivity index (χ1n) is 14.6. The number of hydrogen-bond donors (Lipinski definition) is 0. The van der Waals surface area contributed by atoms with Crippen LogP contribution in [0.2, 0.25) is 0 Å². The monoisotopic (exact) mass is 567 g/mol. The van der Waals surface area contributed by atoms with Crippen molar-refractivity contribution in [3.05, 3.63) is 158 Å². The van der Waals surface area contributed by atoms with E-state index in [0.29, 0.717) is 0 Å². The maximum absolute atomic E-state index is 16.2. The first kappa shape index (κ1) is 24.4. The number of para-hydroxylation sites is 2. The first-order valence-corrected chi connectivity index (χ1v) is 16.4. The molecule has 0 saturated carbocycles. The molecule has 3 heteroatoms. The van der Waals surface area contributed by atoms with Crippen LogP contribution >= 0.6 is 7.14 Å². The van der Waals surface area contributed by atoms with Gasteiger partial charge in [0.05, 0.1) is 16.7 Å². The smallest absolute Gasteiger partial charge is 0.173 e. The quantitative estimate of drug-likeness (QED) is 0.195. The molecule has 0 spiro atoms. The third kappa shape index (κ3) is 3.33. The molecule has 1 atom stereocenters. The molecule has 0 amide bonds. The Labute approximate surface area is 249 Å². The Hall–Kier alpha value is -5.17. The summed E-state index contributed by atoms with van der Waals surface area (Å²) in [7, 11) is -3.26. The summed E-state index contributed by atoms with van der Waals surface area (Å²) in [5.41, 5.74) is 7.75. The molecule has 2 heterocycles. The summed E-state index contributed by atoms with van der Waals surface area (Å²) in [4.78, 5) is 0. The van der Waals surface area contributed by atoms with Gasteiger partial charge in [0.1, 0.15) is 0 Å². The minimum absolute atomic E-state index is 0.875. The highest BCUT2D eigenvalue weighted by atomic mass is 31.2. The lowest BCUT2D eigenvalue weighted by molar-refractivity contribution is 0.593. The Morgan fingerprint density at radius 1 is 0.442 bits per heavy atom. The van der Waals surface area contributed by atoms with E-state index in [4.69, 9.17) is 0 Å². The van der Waals surface area contributed by atoms with Crippen molar-refractivity contribution in [2.75, 3.05) is 0 Å². The average molecular weight is 568 g/mol. The molecular formula is C40H26NOP. The van der Waals surface area contributed by atoms with Crippen molar-refractivity contribution >= 4 is 55.6 Å². The predicted octanol–water partition coefficient (Wildman–Crippen LogP) is 9.22. The van der Waals surface area contributed by atoms with Crippen molar-refractivity contribution in [2.24, 2.45) is 0 Å². The molecule has 0 saturated heterocycles. The lowest BCUT2D eigenvalue weighted by Crippen LogP contribution is -2.22. The van der Waals surface area contributed by atoms with E-state index >= 15 is 4.57 Å². The molecule has 1 aliphatic heterocycles. The van der Waals surface area contributed by atoms with Crippen LogP contribution in [0.4, 0.5) is 0 Å². The van der Waals surface area contributed by atoms with Gasteiger partial charge in [-0.2, -0.15) is 0 Å². The van der Waals surface area contributed by atoms with Gasteiger partial charge in [-0.25, -0.2) is 0 Å². The average Bonchev–Trinajstić information content (AvgIpc) is 3.56. The van der Waals surface area contributed by atoms with Gasteiger partial charge in [-0.3, -0.25) is 0 Å². The van der Waals surface area contributed by atoms with Crippen LogP contribution in [0.3, 0.4) is 0 Å². The van der Waals surface area contributed by atoms with Crippen molar-refractivity contribution in [2.45, 2.75) is 0 Å². The minimum Gasteiger partial charge on any atom is -0.309 e. The van der Waals surface area contributed by atoms with Crippen molar-refractivity contribution < 1.29 is 4.57 Å². The van der Waals surface area contributed by atoms with Crippen LogP contribution < -0.4 is 15.9 Å². The number of fused-ring (bicyclic) bond motifs is 9. The molecule has 2 nitrogen and oxygen atoms in total. The third-order valence-corrected chi connectivity index (χ3v) is 12.2. The number of hydrogen-bond acceptors (Lipinski definition) is 1. The molecule has 0 radical (unpaired) electrons. The second-order valence-corrected chi connectivity index (χ2v) is 13.8. The summed E-state index contributed by atoms with van der Waals surface area (Å²) in [5.74, 6) is 0. The molecule has 0 aliphatic carbocycles. The van der Waals surface area contributed by atoms with Gasteiger partial charge in [0.2, 0.25) is 0 Å². The fourth-order valence-corrected chi connectivity index (χ4v) is 10.7. The normalized spacial score (nSPS) is 15.6. The first-order chi connectivity index (χ1) is 21.2. The predicted molar refractivity (Wildman–Crippen MR) is 182 cm³/mol. The minimum atomic E-state index is -3.26. The summed E-state index contributed by atoms with van der Waals surface area (Å²) in [5, 5.41) is 7.15. The van der Waals surface area contributed by atoms with Gasteiger partial charge < -0.3 is 9.13 Å². The summed E-state index contributed by atoms with van der Waals surface area (Å²) >= 11 is 0. The van der Waals surface area contributed by atoms with Crippen molar-refractivity contribution in [3.63, 3.8) is 0 Å². The molecule has 1 unspecified atom stereocenters. The van der Waals surface area contributed by atoms with Gasteiger partial charge >= 0.3 is 0 Å². The SMILES string of the molecule is O=P1(c2ccccc2)c2c(ccc3ccccc23)-c2ccc3c(c21)c1ccccc1n3-c1ccccc1-c1ccccc1. The van der Waals surface area contributed by atoms with Gasteiger partial charge in [0.25, 0.3) is 0 Å². The van der Waals surface area contributed by atoms with Crippen LogP contribution in [0.1, 0.15) is 0 Å². The molecule has 0 bridgehead atoms. The molecule has 1 aliphatic rings. The Morgan fingerprint density at radius 2 is 1.07 bits per heavy atom. The molecule has 0 N–H and O–H groups in total. The maximum Gasteiger partial charge on any atom is 0.173 e. The second kappa shape index (κ2) is 9.16. The zero-order valence-corrected chi connectivity index (χ0v) is 24.2. The molecule has 43 heavy (non-hydrogen) atoms. The third-order valence-electron chi connectivity index (χ3n) is 8.98. The van der Waals surface area contributed by atoms with Gasteiger partial charge in [-0.1, -0.05) is 140 Å². The molecular weight excluding hydrogens is 541 g/mol. The topological polar surface area (TPSA) is 22.0 Å². The maximum atomic E-state index is 16.2. The zero-order valence-electron chi connectivity index (χ0n) is 23.3. The Morgan fingerprint density at radius 3 is 1.91 bits per heavy atom. The van der Waals surface area contributed by atoms with E-state index in [-0.39, 0.29) is 0 Å². The van der Waals surface area contributed by atoms with Crippen LogP contribution in [0.25, 0.3) is 60.5 Å². The standard InChI is InChI=1S/C40H26NOP/c42-43(29-16-5-2-6-17-29)39-31-19-8-7-15-28(31)23-24-32(39)33-25-26-37-38(40(33)43)34-20-10-12-22-36(34)41(37)35-21-11-9-18-30(35)27-13-3-1-4-14-27/h1-26H. The molecule has 9 rings (SSSR count). The van der Waals surface area contributed by atoms with Crippen LogP contribution in [0, 0.1) is 0 Å². The highest BCUT2D eigenvalue weighted by Crippen LogP contribution is 2.56. The molecule has 0 fully saturated rings. The van der Waals surface area contributed by atoms with Gasteiger partial charge in [0, 0.05) is 32.2 Å². The summed E-state index contributed by atoms with van der Waals surface area (Å²) in [6.45, 7) is 0. The van der Waals surface area contributed by atoms with E-state index in [2.05, 4.69) is 132 Å². The number of benzene rings is 7. The summed E-state index contributed by atoms with van der Waals surface area (Å²) < 4.78 is 18.5. The number of nitrogens with zero attached hydrogens (tertiary/aromatic N) is 1. The van der Waals surface area contributed by atoms with E-state index < -0.39 is 7.14 Å². The Balaban J connectivity index is 1.46. The molecule has 8 aromatic rings. The summed E-state index contributed by atoms with van der Waals surface area (Å²) in [6.07, 6.45) is 0. The Kier molecular flexibility index (Phi) is 5.21. The van der Waals surface area contributed by atoms with Crippen molar-refractivity contribution in [1.82, 2.24) is 4.57 Å².